The fourth-order valence-electron chi connectivity index (χ4n) is 1.61. The summed E-state index contributed by atoms with van der Waals surface area (Å²) in [7, 11) is 0. The quantitative estimate of drug-likeness (QED) is 0.868. The Bertz CT molecular complexity index is 555. The number of carbonyl (C=O) groups is 1. The molecule has 0 aliphatic rings. The molecular formula is C15H20CaO5. The normalized spacial score (nSPS) is 10.1. The van der Waals surface area contributed by atoms with Gasteiger partial charge in [-0.3, -0.25) is 4.79 Å². The monoisotopic (exact) mass is 320 g/mol. The predicted molar refractivity (Wildman–Crippen MR) is 84.2 cm³/mol. The number of hydrogen-bond donors (Lipinski definition) is 1. The van der Waals surface area contributed by atoms with Crippen molar-refractivity contribution >= 4 is 43.7 Å². The van der Waals surface area contributed by atoms with Gasteiger partial charge in [0, 0.05) is 0 Å². The van der Waals surface area contributed by atoms with Crippen LogP contribution in [0.5, 0.6) is 11.5 Å². The van der Waals surface area contributed by atoms with Crippen LogP contribution < -0.4 is 4.74 Å². The largest absolute Gasteiger partial charge is 2.00 e. The summed E-state index contributed by atoms with van der Waals surface area (Å²) in [5.74, 6) is 0.000567. The van der Waals surface area contributed by atoms with Crippen LogP contribution >= 0.6 is 0 Å². The molecule has 21 heavy (non-hydrogen) atoms. The van der Waals surface area contributed by atoms with Gasteiger partial charge in [0.05, 0.1) is 5.92 Å². The Labute approximate surface area is 156 Å². The van der Waals surface area contributed by atoms with Gasteiger partial charge < -0.3 is 23.6 Å². The molecule has 112 valence electrons. The molecule has 0 saturated carbocycles. The van der Waals surface area contributed by atoms with Gasteiger partial charge in [-0.15, -0.1) is 0 Å². The van der Waals surface area contributed by atoms with Gasteiger partial charge in [-0.1, -0.05) is 30.3 Å². The first-order valence-electron chi connectivity index (χ1n) is 5.72. The molecule has 0 spiro atoms. The minimum Gasteiger partial charge on any atom is -1.00 e. The third kappa shape index (κ3) is 6.46. The van der Waals surface area contributed by atoms with Crippen LogP contribution in [-0.2, 0) is 4.79 Å². The first-order valence-corrected chi connectivity index (χ1v) is 5.72. The number of carboxylic acids is 1. The maximum Gasteiger partial charge on any atom is 2.00 e. The molecule has 0 aliphatic carbocycles. The average Bonchev–Trinajstić information content (AvgIpc) is 2.39. The van der Waals surface area contributed by atoms with Crippen molar-refractivity contribution in [2.24, 2.45) is 0 Å². The van der Waals surface area contributed by atoms with E-state index < -0.39 is 11.9 Å². The second kappa shape index (κ2) is 10.6. The van der Waals surface area contributed by atoms with Crippen LogP contribution in [0.2, 0.25) is 0 Å². The van der Waals surface area contributed by atoms with Crippen molar-refractivity contribution < 1.29 is 28.4 Å². The van der Waals surface area contributed by atoms with Crippen LogP contribution in [0.3, 0.4) is 0 Å². The molecule has 0 saturated heterocycles. The molecule has 5 nitrogen and oxygen atoms in total. The topological polar surface area (TPSA) is 110 Å². The van der Waals surface area contributed by atoms with Crippen molar-refractivity contribution in [1.29, 1.82) is 0 Å². The number of carboxylic acid groups (broad SMARTS) is 1. The SMILES string of the molecule is CC(C(=O)O)c1cccc(Oc2ccccc2)c1.O.O.[Ca+2].[H-].[H-]. The first kappa shape index (κ1) is 22.2. The van der Waals surface area contributed by atoms with Crippen LogP contribution in [-0.4, -0.2) is 59.8 Å². The molecule has 1 unspecified atom stereocenters. The van der Waals surface area contributed by atoms with Gasteiger partial charge in [0.15, 0.2) is 0 Å². The fourth-order valence-corrected chi connectivity index (χ4v) is 1.61. The van der Waals surface area contributed by atoms with Crippen molar-refractivity contribution in [3.8, 4) is 11.5 Å². The maximum atomic E-state index is 10.9. The Balaban J connectivity index is -0.000000361. The molecule has 0 aromatic heterocycles. The van der Waals surface area contributed by atoms with Crippen LogP contribution in [0.1, 0.15) is 21.3 Å². The fraction of sp³-hybridized carbons (Fsp3) is 0.133. The summed E-state index contributed by atoms with van der Waals surface area (Å²) in [4.78, 5) is 10.9. The summed E-state index contributed by atoms with van der Waals surface area (Å²) < 4.78 is 5.66. The van der Waals surface area contributed by atoms with E-state index in [0.29, 0.717) is 5.75 Å². The molecule has 5 N–H and O–H groups in total. The Morgan fingerprint density at radius 1 is 1.05 bits per heavy atom. The molecule has 0 heterocycles. The van der Waals surface area contributed by atoms with Gasteiger partial charge in [0.25, 0.3) is 0 Å². The molecule has 2 rings (SSSR count). The van der Waals surface area contributed by atoms with E-state index in [9.17, 15) is 4.79 Å². The number of ether oxygens (including phenoxy) is 1. The predicted octanol–water partition coefficient (Wildman–Crippen LogP) is 1.86. The Kier molecular flexibility index (Phi) is 11.2. The molecule has 2 aromatic carbocycles. The van der Waals surface area contributed by atoms with Crippen LogP contribution in [0.25, 0.3) is 0 Å². The van der Waals surface area contributed by atoms with Crippen molar-refractivity contribution in [1.82, 2.24) is 0 Å². The molecule has 0 amide bonds. The van der Waals surface area contributed by atoms with E-state index >= 15 is 0 Å². The minimum atomic E-state index is -0.841. The molecule has 0 bridgehead atoms. The second-order valence-electron chi connectivity index (χ2n) is 4.05. The van der Waals surface area contributed by atoms with Crippen molar-refractivity contribution in [3.05, 3.63) is 60.2 Å². The Morgan fingerprint density at radius 2 is 1.62 bits per heavy atom. The minimum absolute atomic E-state index is 0. The molecule has 2 aromatic rings. The van der Waals surface area contributed by atoms with Gasteiger partial charge >= 0.3 is 43.7 Å². The van der Waals surface area contributed by atoms with E-state index in [1.807, 2.05) is 36.4 Å². The van der Waals surface area contributed by atoms with E-state index in [2.05, 4.69) is 0 Å². The molecule has 0 aliphatic heterocycles. The summed E-state index contributed by atoms with van der Waals surface area (Å²) >= 11 is 0. The zero-order chi connectivity index (χ0) is 13.0. The van der Waals surface area contributed by atoms with Crippen LogP contribution in [0.4, 0.5) is 0 Å². The summed E-state index contributed by atoms with van der Waals surface area (Å²) in [6.07, 6.45) is 0. The van der Waals surface area contributed by atoms with Gasteiger partial charge in [-0.05, 0) is 36.8 Å². The number of aliphatic carboxylic acids is 1. The van der Waals surface area contributed by atoms with E-state index in [1.54, 1.807) is 25.1 Å². The second-order valence-corrected chi connectivity index (χ2v) is 4.05. The van der Waals surface area contributed by atoms with Crippen LogP contribution in [0.15, 0.2) is 54.6 Å². The smallest absolute Gasteiger partial charge is 1.00 e. The maximum absolute atomic E-state index is 10.9. The van der Waals surface area contributed by atoms with Gasteiger partial charge in [-0.2, -0.15) is 0 Å². The molecule has 1 atom stereocenters. The average molecular weight is 320 g/mol. The zero-order valence-electron chi connectivity index (χ0n) is 13.7. The van der Waals surface area contributed by atoms with E-state index in [1.165, 1.54) is 0 Å². The van der Waals surface area contributed by atoms with Gasteiger partial charge in [-0.25, -0.2) is 0 Å². The van der Waals surface area contributed by atoms with E-state index in [0.717, 1.165) is 11.3 Å². The summed E-state index contributed by atoms with van der Waals surface area (Å²) in [6, 6.07) is 16.6. The third-order valence-corrected chi connectivity index (χ3v) is 2.71. The van der Waals surface area contributed by atoms with E-state index in [4.69, 9.17) is 9.84 Å². The molecule has 0 radical (unpaired) electrons. The van der Waals surface area contributed by atoms with Crippen LogP contribution in [0, 0.1) is 0 Å². The van der Waals surface area contributed by atoms with Gasteiger partial charge in [0.2, 0.25) is 0 Å². The van der Waals surface area contributed by atoms with Crippen molar-refractivity contribution in [2.45, 2.75) is 12.8 Å². The number of hydrogen-bond acceptors (Lipinski definition) is 2. The van der Waals surface area contributed by atoms with Gasteiger partial charge in [0.1, 0.15) is 11.5 Å². The third-order valence-electron chi connectivity index (χ3n) is 2.71. The van der Waals surface area contributed by atoms with Crippen molar-refractivity contribution in [2.75, 3.05) is 0 Å². The number of rotatable bonds is 4. The van der Waals surface area contributed by atoms with E-state index in [-0.39, 0.29) is 51.5 Å². The van der Waals surface area contributed by atoms with Crippen molar-refractivity contribution in [3.63, 3.8) is 0 Å². The Hall–Kier alpha value is -1.11. The molecule has 6 heteroatoms. The molecular weight excluding hydrogens is 300 g/mol. The summed E-state index contributed by atoms with van der Waals surface area (Å²) in [5.41, 5.74) is 0.732. The zero-order valence-corrected chi connectivity index (χ0v) is 14.0. The summed E-state index contributed by atoms with van der Waals surface area (Å²) in [6.45, 7) is 1.66. The number of benzene rings is 2. The molecule has 0 fully saturated rings. The first-order chi connectivity index (χ1) is 8.66. The standard InChI is InChI=1S/C15H14O3.Ca.2H2O.2H/c1-11(15(16)17)12-6-5-9-14(10-12)18-13-7-3-2-4-8-13;;;;;/h2-11H,1H3,(H,16,17);;2*1H2;;/q;+2;;;2*-1. The number of para-hydroxylation sites is 1. The Morgan fingerprint density at radius 3 is 2.19 bits per heavy atom. The summed E-state index contributed by atoms with van der Waals surface area (Å²) in [5, 5.41) is 8.98.